The van der Waals surface area contributed by atoms with Gasteiger partial charge >= 0.3 is 0 Å². The third-order valence-corrected chi connectivity index (χ3v) is 2.18. The molecule has 0 aliphatic carbocycles. The fourth-order valence-electron chi connectivity index (χ4n) is 1.18. The summed E-state index contributed by atoms with van der Waals surface area (Å²) in [6.07, 6.45) is 6.07. The fourth-order valence-corrected chi connectivity index (χ4v) is 1.42. The van der Waals surface area contributed by atoms with Gasteiger partial charge in [0, 0.05) is 18.8 Å². The van der Waals surface area contributed by atoms with Gasteiger partial charge in [0.05, 0.1) is 13.2 Å². The second kappa shape index (κ2) is 3.85. The molecular formula is C8H10N2O2S. The number of ether oxygens (including phenoxy) is 2. The van der Waals surface area contributed by atoms with Gasteiger partial charge in [-0.2, -0.15) is 0 Å². The summed E-state index contributed by atoms with van der Waals surface area (Å²) in [5.41, 5.74) is 0. The average Bonchev–Trinajstić information content (AvgIpc) is 2.74. The molecule has 13 heavy (non-hydrogen) atoms. The van der Waals surface area contributed by atoms with Crippen molar-refractivity contribution in [3.8, 4) is 0 Å². The van der Waals surface area contributed by atoms with E-state index in [9.17, 15) is 0 Å². The molecule has 1 aliphatic heterocycles. The first kappa shape index (κ1) is 8.65. The van der Waals surface area contributed by atoms with Gasteiger partial charge in [-0.1, -0.05) is 0 Å². The van der Waals surface area contributed by atoms with E-state index in [0.717, 1.165) is 13.0 Å². The molecule has 0 saturated carbocycles. The van der Waals surface area contributed by atoms with E-state index < -0.39 is 0 Å². The average molecular weight is 198 g/mol. The Morgan fingerprint density at radius 3 is 3.23 bits per heavy atom. The number of imidazole rings is 1. The second-order valence-electron chi connectivity index (χ2n) is 2.84. The van der Waals surface area contributed by atoms with Crippen molar-refractivity contribution in [2.24, 2.45) is 0 Å². The fraction of sp³-hybridized carbons (Fsp3) is 0.500. The summed E-state index contributed by atoms with van der Waals surface area (Å²) < 4.78 is 12.3. The van der Waals surface area contributed by atoms with E-state index in [1.807, 2.05) is 0 Å². The molecule has 1 aromatic rings. The van der Waals surface area contributed by atoms with Crippen LogP contribution in [0.1, 0.15) is 6.42 Å². The highest BCUT2D eigenvalue weighted by atomic mass is 32.1. The highest BCUT2D eigenvalue weighted by Crippen LogP contribution is 2.09. The molecule has 0 bridgehead atoms. The number of rotatable bonds is 1. The Kier molecular flexibility index (Phi) is 2.56. The van der Waals surface area contributed by atoms with Crippen LogP contribution in [0.4, 0.5) is 0 Å². The molecule has 4 nitrogen and oxygen atoms in total. The third-order valence-electron chi connectivity index (χ3n) is 1.87. The lowest BCUT2D eigenvalue weighted by atomic mass is 10.3. The van der Waals surface area contributed by atoms with Gasteiger partial charge in [-0.15, -0.1) is 0 Å². The van der Waals surface area contributed by atoms with Crippen molar-refractivity contribution < 1.29 is 9.47 Å². The first-order valence-corrected chi connectivity index (χ1v) is 4.54. The number of nitrogens with zero attached hydrogens (tertiary/aromatic N) is 2. The second-order valence-corrected chi connectivity index (χ2v) is 3.19. The van der Waals surface area contributed by atoms with Crippen LogP contribution < -0.4 is 0 Å². The Labute approximate surface area is 81.5 Å². The molecule has 1 aliphatic rings. The summed E-state index contributed by atoms with van der Waals surface area (Å²) >= 11 is 5.06. The SMILES string of the molecule is S=C(OC1CCOC1)n1ccnc1. The van der Waals surface area contributed by atoms with Gasteiger partial charge in [-0.25, -0.2) is 4.98 Å². The molecule has 2 rings (SSSR count). The Morgan fingerprint density at radius 2 is 2.62 bits per heavy atom. The van der Waals surface area contributed by atoms with Crippen LogP contribution in [0, 0.1) is 0 Å². The van der Waals surface area contributed by atoms with Crippen molar-refractivity contribution in [3.63, 3.8) is 0 Å². The van der Waals surface area contributed by atoms with Crippen molar-refractivity contribution in [2.45, 2.75) is 12.5 Å². The number of thiocarbonyl (C=S) groups is 1. The molecule has 0 spiro atoms. The van der Waals surface area contributed by atoms with Gasteiger partial charge in [0.25, 0.3) is 5.17 Å². The Balaban J connectivity index is 1.91. The molecule has 0 aromatic carbocycles. The number of aromatic nitrogens is 2. The lowest BCUT2D eigenvalue weighted by Gasteiger charge is -2.12. The molecule has 5 heteroatoms. The Hall–Kier alpha value is -0.940. The lowest BCUT2D eigenvalue weighted by Crippen LogP contribution is -2.21. The zero-order chi connectivity index (χ0) is 9.10. The van der Waals surface area contributed by atoms with Gasteiger partial charge in [0.1, 0.15) is 12.4 Å². The molecule has 1 fully saturated rings. The van der Waals surface area contributed by atoms with E-state index in [1.54, 1.807) is 23.3 Å². The van der Waals surface area contributed by atoms with E-state index >= 15 is 0 Å². The van der Waals surface area contributed by atoms with Crippen LogP contribution in [-0.2, 0) is 9.47 Å². The van der Waals surface area contributed by atoms with Gasteiger partial charge in [-0.05, 0) is 12.2 Å². The van der Waals surface area contributed by atoms with Crippen LogP contribution in [0.2, 0.25) is 0 Å². The zero-order valence-corrected chi connectivity index (χ0v) is 7.87. The predicted octanol–water partition coefficient (Wildman–Crippen LogP) is 0.822. The number of hydrogen-bond acceptors (Lipinski definition) is 4. The van der Waals surface area contributed by atoms with Gasteiger partial charge < -0.3 is 9.47 Å². The standard InChI is InChI=1S/C8H10N2O2S/c13-8(10-3-2-9-6-10)12-7-1-4-11-5-7/h2-3,6-7H,1,4-5H2. The maximum Gasteiger partial charge on any atom is 0.269 e. The summed E-state index contributed by atoms with van der Waals surface area (Å²) in [5, 5.41) is 0.438. The Morgan fingerprint density at radius 1 is 1.69 bits per heavy atom. The quantitative estimate of drug-likeness (QED) is 0.626. The zero-order valence-electron chi connectivity index (χ0n) is 7.05. The van der Waals surface area contributed by atoms with Crippen molar-refractivity contribution in [1.82, 2.24) is 9.55 Å². The largest absolute Gasteiger partial charge is 0.465 e. The van der Waals surface area contributed by atoms with Gasteiger partial charge in [-0.3, -0.25) is 4.57 Å². The van der Waals surface area contributed by atoms with E-state index in [-0.39, 0.29) is 6.10 Å². The van der Waals surface area contributed by atoms with E-state index in [1.165, 1.54) is 0 Å². The highest BCUT2D eigenvalue weighted by molar-refractivity contribution is 7.80. The smallest absolute Gasteiger partial charge is 0.269 e. The van der Waals surface area contributed by atoms with E-state index in [4.69, 9.17) is 21.7 Å². The summed E-state index contributed by atoms with van der Waals surface area (Å²) in [4.78, 5) is 3.88. The van der Waals surface area contributed by atoms with Gasteiger partial charge in [0.15, 0.2) is 0 Å². The summed E-state index contributed by atoms with van der Waals surface area (Å²) in [5.74, 6) is 0. The van der Waals surface area contributed by atoms with E-state index in [0.29, 0.717) is 11.8 Å². The normalized spacial score (nSPS) is 21.7. The van der Waals surface area contributed by atoms with E-state index in [2.05, 4.69) is 4.98 Å². The van der Waals surface area contributed by atoms with Gasteiger partial charge in [0.2, 0.25) is 0 Å². The van der Waals surface area contributed by atoms with Crippen molar-refractivity contribution in [2.75, 3.05) is 13.2 Å². The predicted molar refractivity (Wildman–Crippen MR) is 50.5 cm³/mol. The van der Waals surface area contributed by atoms with Crippen molar-refractivity contribution in [3.05, 3.63) is 18.7 Å². The third kappa shape index (κ3) is 2.05. The van der Waals surface area contributed by atoms with Crippen LogP contribution >= 0.6 is 12.2 Å². The van der Waals surface area contributed by atoms with Crippen LogP contribution in [0.15, 0.2) is 18.7 Å². The summed E-state index contributed by atoms with van der Waals surface area (Å²) in [7, 11) is 0. The molecule has 0 N–H and O–H groups in total. The van der Waals surface area contributed by atoms with Crippen LogP contribution in [0.25, 0.3) is 0 Å². The van der Waals surface area contributed by atoms with Crippen molar-refractivity contribution in [1.29, 1.82) is 0 Å². The maximum atomic E-state index is 5.49. The molecule has 1 saturated heterocycles. The monoisotopic (exact) mass is 198 g/mol. The van der Waals surface area contributed by atoms with Crippen LogP contribution in [-0.4, -0.2) is 34.0 Å². The topological polar surface area (TPSA) is 36.3 Å². The molecule has 2 heterocycles. The highest BCUT2D eigenvalue weighted by Gasteiger charge is 2.18. The molecule has 70 valence electrons. The van der Waals surface area contributed by atoms with Crippen molar-refractivity contribution >= 4 is 17.4 Å². The minimum absolute atomic E-state index is 0.106. The molecule has 1 aromatic heterocycles. The summed E-state index contributed by atoms with van der Waals surface area (Å²) in [6.45, 7) is 1.39. The lowest BCUT2D eigenvalue weighted by molar-refractivity contribution is 0.134. The summed E-state index contributed by atoms with van der Waals surface area (Å²) in [6, 6.07) is 0. The van der Waals surface area contributed by atoms with Crippen LogP contribution in [0.3, 0.4) is 0 Å². The molecule has 1 unspecified atom stereocenters. The first-order chi connectivity index (χ1) is 6.36. The molecule has 0 amide bonds. The molecular weight excluding hydrogens is 188 g/mol. The molecule has 1 atom stereocenters. The minimum atomic E-state index is 0.106. The first-order valence-electron chi connectivity index (χ1n) is 4.13. The molecule has 0 radical (unpaired) electrons. The van der Waals surface area contributed by atoms with Crippen LogP contribution in [0.5, 0.6) is 0 Å². The Bertz CT molecular complexity index is 280. The minimum Gasteiger partial charge on any atom is -0.465 e. The number of hydrogen-bond donors (Lipinski definition) is 0. The maximum absolute atomic E-state index is 5.49.